The highest BCUT2D eigenvalue weighted by Crippen LogP contribution is 2.28. The molecule has 0 fully saturated rings. The number of aromatic nitrogens is 1. The molecule has 5 nitrogen and oxygen atoms in total. The first-order valence-corrected chi connectivity index (χ1v) is 5.85. The first-order chi connectivity index (χ1) is 9.13. The minimum atomic E-state index is -0.512. The zero-order valence-electron chi connectivity index (χ0n) is 10.2. The lowest BCUT2D eigenvalue weighted by Crippen LogP contribution is -2.09. The lowest BCUT2D eigenvalue weighted by atomic mass is 10.2. The molecule has 0 aliphatic rings. The number of nitrogens with two attached hydrogens (primary N) is 1. The number of benzene rings is 1. The molecule has 6 heteroatoms. The second-order valence-electron chi connectivity index (χ2n) is 3.72. The summed E-state index contributed by atoms with van der Waals surface area (Å²) >= 11 is 6.03. The van der Waals surface area contributed by atoms with E-state index in [9.17, 15) is 4.79 Å². The quantitative estimate of drug-likeness (QED) is 0.844. The van der Waals surface area contributed by atoms with Crippen LogP contribution in [0.4, 0.5) is 17.2 Å². The summed E-state index contributed by atoms with van der Waals surface area (Å²) in [7, 11) is 1.30. The van der Waals surface area contributed by atoms with Gasteiger partial charge in [0.25, 0.3) is 0 Å². The maximum absolute atomic E-state index is 11.5. The van der Waals surface area contributed by atoms with Crippen molar-refractivity contribution in [2.45, 2.75) is 0 Å². The molecule has 0 amide bonds. The molecule has 2 aromatic rings. The fourth-order valence-corrected chi connectivity index (χ4v) is 1.73. The maximum Gasteiger partial charge on any atom is 0.340 e. The van der Waals surface area contributed by atoms with Crippen LogP contribution in [0.25, 0.3) is 0 Å². The number of methoxy groups -OCH3 is 1. The largest absolute Gasteiger partial charge is 0.465 e. The lowest BCUT2D eigenvalue weighted by molar-refractivity contribution is 0.0602. The third-order valence-corrected chi connectivity index (χ3v) is 2.85. The van der Waals surface area contributed by atoms with Gasteiger partial charge in [-0.2, -0.15) is 0 Å². The van der Waals surface area contributed by atoms with Gasteiger partial charge in [0.15, 0.2) is 5.82 Å². The van der Waals surface area contributed by atoms with E-state index in [2.05, 4.69) is 15.0 Å². The molecule has 98 valence electrons. The van der Waals surface area contributed by atoms with E-state index in [0.29, 0.717) is 16.5 Å². The Morgan fingerprint density at radius 2 is 2.11 bits per heavy atom. The van der Waals surface area contributed by atoms with Gasteiger partial charge in [0.05, 0.1) is 29.1 Å². The topological polar surface area (TPSA) is 77.2 Å². The Bertz CT molecular complexity index is 617. The van der Waals surface area contributed by atoms with Gasteiger partial charge in [0.1, 0.15) is 0 Å². The first-order valence-electron chi connectivity index (χ1n) is 5.48. The minimum Gasteiger partial charge on any atom is -0.465 e. The molecule has 0 atom stereocenters. The molecule has 1 heterocycles. The summed E-state index contributed by atoms with van der Waals surface area (Å²) in [6.07, 6.45) is 1.47. The number of nitrogens with one attached hydrogen (secondary N) is 1. The molecule has 1 aromatic heterocycles. The van der Waals surface area contributed by atoms with E-state index in [-0.39, 0.29) is 11.3 Å². The Labute approximate surface area is 115 Å². The minimum absolute atomic E-state index is 0.217. The van der Waals surface area contributed by atoms with E-state index < -0.39 is 5.97 Å². The van der Waals surface area contributed by atoms with Gasteiger partial charge < -0.3 is 15.8 Å². The molecule has 0 radical (unpaired) electrons. The number of carbonyl (C=O) groups excluding carboxylic acids is 1. The van der Waals surface area contributed by atoms with Crippen molar-refractivity contribution < 1.29 is 9.53 Å². The third-order valence-electron chi connectivity index (χ3n) is 2.52. The van der Waals surface area contributed by atoms with Gasteiger partial charge in [-0.25, -0.2) is 9.78 Å². The van der Waals surface area contributed by atoms with Crippen LogP contribution < -0.4 is 11.1 Å². The number of hydrogen-bond donors (Lipinski definition) is 2. The maximum atomic E-state index is 11.5. The molecule has 0 aliphatic heterocycles. The summed E-state index contributed by atoms with van der Waals surface area (Å²) in [5.41, 5.74) is 7.02. The first kappa shape index (κ1) is 13.2. The Kier molecular flexibility index (Phi) is 3.87. The molecule has 2 rings (SSSR count). The van der Waals surface area contributed by atoms with E-state index in [1.165, 1.54) is 19.4 Å². The predicted octanol–water partition coefficient (Wildman–Crippen LogP) is 2.85. The number of nitrogen functional groups attached to an aromatic ring is 1. The molecule has 1 aromatic carbocycles. The number of rotatable bonds is 3. The molecule has 0 unspecified atom stereocenters. The van der Waals surface area contributed by atoms with Crippen LogP contribution in [-0.4, -0.2) is 18.1 Å². The lowest BCUT2D eigenvalue weighted by Gasteiger charge is -2.11. The Morgan fingerprint density at radius 1 is 1.37 bits per heavy atom. The summed E-state index contributed by atoms with van der Waals surface area (Å²) < 4.78 is 4.65. The molecular formula is C13H12ClN3O2. The van der Waals surface area contributed by atoms with Gasteiger partial charge in [-0.05, 0) is 18.2 Å². The van der Waals surface area contributed by atoms with Gasteiger partial charge in [0, 0.05) is 6.20 Å². The summed E-state index contributed by atoms with van der Waals surface area (Å²) in [5, 5.41) is 3.52. The summed E-state index contributed by atoms with van der Waals surface area (Å²) in [4.78, 5) is 15.6. The molecule has 0 spiro atoms. The number of nitrogens with zero attached hydrogens (tertiary/aromatic N) is 1. The fraction of sp³-hybridized carbons (Fsp3) is 0.0769. The number of esters is 1. The average Bonchev–Trinajstić information content (AvgIpc) is 2.42. The van der Waals surface area contributed by atoms with Gasteiger partial charge in [0.2, 0.25) is 0 Å². The number of halogens is 1. The highest BCUT2D eigenvalue weighted by molar-refractivity contribution is 6.33. The normalized spacial score (nSPS) is 10.0. The number of carbonyl (C=O) groups is 1. The zero-order chi connectivity index (χ0) is 13.8. The molecular weight excluding hydrogens is 266 g/mol. The monoisotopic (exact) mass is 277 g/mol. The number of hydrogen-bond acceptors (Lipinski definition) is 5. The van der Waals surface area contributed by atoms with Crippen molar-refractivity contribution >= 4 is 34.8 Å². The van der Waals surface area contributed by atoms with Crippen molar-refractivity contribution in [3.05, 3.63) is 47.1 Å². The van der Waals surface area contributed by atoms with Crippen LogP contribution in [0.1, 0.15) is 10.4 Å². The van der Waals surface area contributed by atoms with Crippen LogP contribution in [-0.2, 0) is 4.74 Å². The van der Waals surface area contributed by atoms with E-state index in [1.54, 1.807) is 12.1 Å². The van der Waals surface area contributed by atoms with Crippen LogP contribution in [0, 0.1) is 0 Å². The third kappa shape index (κ3) is 2.77. The molecule has 3 N–H and O–H groups in total. The summed E-state index contributed by atoms with van der Waals surface area (Å²) in [6, 6.07) is 8.67. The highest BCUT2D eigenvalue weighted by atomic mass is 35.5. The summed E-state index contributed by atoms with van der Waals surface area (Å²) in [6.45, 7) is 0. The van der Waals surface area contributed by atoms with Crippen molar-refractivity contribution in [2.75, 3.05) is 18.2 Å². The second-order valence-corrected chi connectivity index (χ2v) is 4.12. The second kappa shape index (κ2) is 5.58. The van der Waals surface area contributed by atoms with Gasteiger partial charge in [-0.3, -0.25) is 0 Å². The van der Waals surface area contributed by atoms with Crippen molar-refractivity contribution in [1.82, 2.24) is 4.98 Å². The van der Waals surface area contributed by atoms with Crippen LogP contribution in [0.2, 0.25) is 5.02 Å². The number of pyridine rings is 1. The van der Waals surface area contributed by atoms with Crippen molar-refractivity contribution in [2.24, 2.45) is 0 Å². The Morgan fingerprint density at radius 3 is 2.79 bits per heavy atom. The number of anilines is 3. The van der Waals surface area contributed by atoms with E-state index in [4.69, 9.17) is 17.3 Å². The molecule has 19 heavy (non-hydrogen) atoms. The number of para-hydroxylation sites is 1. The van der Waals surface area contributed by atoms with Gasteiger partial charge in [-0.15, -0.1) is 0 Å². The van der Waals surface area contributed by atoms with Gasteiger partial charge >= 0.3 is 5.97 Å². The van der Waals surface area contributed by atoms with E-state index >= 15 is 0 Å². The predicted molar refractivity (Wildman–Crippen MR) is 74.7 cm³/mol. The molecule has 0 saturated carbocycles. The van der Waals surface area contributed by atoms with E-state index in [0.717, 1.165) is 0 Å². The summed E-state index contributed by atoms with van der Waals surface area (Å²) in [5.74, 6) is -0.155. The van der Waals surface area contributed by atoms with Gasteiger partial charge in [-0.1, -0.05) is 23.7 Å². The van der Waals surface area contributed by atoms with Crippen LogP contribution >= 0.6 is 11.6 Å². The molecule has 0 saturated heterocycles. The zero-order valence-corrected chi connectivity index (χ0v) is 10.9. The van der Waals surface area contributed by atoms with Crippen molar-refractivity contribution in [3.63, 3.8) is 0 Å². The SMILES string of the molecule is COC(=O)c1ccnc(Nc2ccccc2Cl)c1N. The molecule has 0 aliphatic carbocycles. The fourth-order valence-electron chi connectivity index (χ4n) is 1.55. The van der Waals surface area contributed by atoms with Crippen LogP contribution in [0.3, 0.4) is 0 Å². The van der Waals surface area contributed by atoms with Crippen LogP contribution in [0.5, 0.6) is 0 Å². The van der Waals surface area contributed by atoms with Crippen molar-refractivity contribution in [1.29, 1.82) is 0 Å². The Hall–Kier alpha value is -2.27. The smallest absolute Gasteiger partial charge is 0.340 e. The standard InChI is InChI=1S/C13H12ClN3O2/c1-19-13(18)8-6-7-16-12(11(8)15)17-10-5-3-2-4-9(10)14/h2-7H,15H2,1H3,(H,16,17). The van der Waals surface area contributed by atoms with Crippen molar-refractivity contribution in [3.8, 4) is 0 Å². The number of ether oxygens (including phenoxy) is 1. The Balaban J connectivity index is 2.37. The highest BCUT2D eigenvalue weighted by Gasteiger charge is 2.14. The van der Waals surface area contributed by atoms with Crippen LogP contribution in [0.15, 0.2) is 36.5 Å². The average molecular weight is 278 g/mol. The molecule has 0 bridgehead atoms. The van der Waals surface area contributed by atoms with E-state index in [1.807, 2.05) is 12.1 Å².